The first-order valence-corrected chi connectivity index (χ1v) is 7.14. The van der Waals surface area contributed by atoms with Gasteiger partial charge in [-0.15, -0.1) is 0 Å². The van der Waals surface area contributed by atoms with Gasteiger partial charge in [-0.1, -0.05) is 6.92 Å². The van der Waals surface area contributed by atoms with Crippen LogP contribution in [-0.4, -0.2) is 32.0 Å². The summed E-state index contributed by atoms with van der Waals surface area (Å²) in [4.78, 5) is -0.657. The predicted octanol–water partition coefficient (Wildman–Crippen LogP) is 2.37. The quantitative estimate of drug-likeness (QED) is 0.670. The van der Waals surface area contributed by atoms with Crippen molar-refractivity contribution in [2.24, 2.45) is 0 Å². The highest BCUT2D eigenvalue weighted by Crippen LogP contribution is 2.26. The van der Waals surface area contributed by atoms with Crippen LogP contribution in [0.3, 0.4) is 0 Å². The van der Waals surface area contributed by atoms with Gasteiger partial charge in [-0.05, 0) is 24.6 Å². The number of sulfonamides is 1. The van der Waals surface area contributed by atoms with E-state index < -0.39 is 33.5 Å². The summed E-state index contributed by atoms with van der Waals surface area (Å²) in [6.45, 7) is -0.440. The van der Waals surface area contributed by atoms with Crippen LogP contribution in [0, 0.1) is 5.82 Å². The molecule has 0 aliphatic heterocycles. The zero-order valence-corrected chi connectivity index (χ0v) is 11.4. The van der Waals surface area contributed by atoms with Crippen LogP contribution < -0.4 is 5.73 Å². The lowest BCUT2D eigenvalue weighted by atomic mass is 10.3. The number of nitrogens with two attached hydrogens (primary N) is 1. The Morgan fingerprint density at radius 2 is 1.90 bits per heavy atom. The molecule has 0 spiro atoms. The van der Waals surface area contributed by atoms with Gasteiger partial charge in [-0.25, -0.2) is 12.8 Å². The van der Waals surface area contributed by atoms with Crippen LogP contribution in [0.1, 0.15) is 13.3 Å². The smallest absolute Gasteiger partial charge is 0.398 e. The highest BCUT2D eigenvalue weighted by Gasteiger charge is 2.37. The van der Waals surface area contributed by atoms with Crippen LogP contribution >= 0.6 is 0 Å². The Bertz CT molecular complexity index is 572. The summed E-state index contributed by atoms with van der Waals surface area (Å²) in [5.41, 5.74) is 5.12. The molecule has 0 atom stereocenters. The molecule has 0 unspecified atom stereocenters. The molecule has 0 radical (unpaired) electrons. The Kier molecular flexibility index (Phi) is 4.98. The number of nitrogens with zero attached hydrogens (tertiary/aromatic N) is 1. The van der Waals surface area contributed by atoms with E-state index in [1.54, 1.807) is 0 Å². The molecule has 2 N–H and O–H groups in total. The average molecular weight is 314 g/mol. The van der Waals surface area contributed by atoms with Crippen molar-refractivity contribution in [2.75, 3.05) is 18.8 Å². The number of rotatable bonds is 5. The Labute approximate surface area is 114 Å². The number of hydrogen-bond acceptors (Lipinski definition) is 3. The van der Waals surface area contributed by atoms with Gasteiger partial charge in [0.15, 0.2) is 0 Å². The molecule has 1 rings (SSSR count). The Balaban J connectivity index is 3.26. The van der Waals surface area contributed by atoms with Gasteiger partial charge in [0.25, 0.3) is 0 Å². The monoisotopic (exact) mass is 314 g/mol. The largest absolute Gasteiger partial charge is 0.402 e. The minimum atomic E-state index is -4.69. The summed E-state index contributed by atoms with van der Waals surface area (Å²) < 4.78 is 75.0. The fraction of sp³-hybridized carbons (Fsp3) is 0.455. The molecular weight excluding hydrogens is 300 g/mol. The third-order valence-corrected chi connectivity index (χ3v) is 4.32. The topological polar surface area (TPSA) is 63.4 Å². The Hall–Kier alpha value is -1.35. The number of hydrogen-bond donors (Lipinski definition) is 1. The van der Waals surface area contributed by atoms with E-state index in [2.05, 4.69) is 0 Å². The highest BCUT2D eigenvalue weighted by molar-refractivity contribution is 7.89. The lowest BCUT2D eigenvalue weighted by molar-refractivity contribution is -0.136. The minimum absolute atomic E-state index is 0.185. The van der Waals surface area contributed by atoms with Gasteiger partial charge in [0, 0.05) is 6.54 Å². The number of nitrogen functional groups attached to an aromatic ring is 1. The summed E-state index contributed by atoms with van der Waals surface area (Å²) in [6.07, 6.45) is -4.51. The summed E-state index contributed by atoms with van der Waals surface area (Å²) in [6, 6.07) is 2.55. The first kappa shape index (κ1) is 16.7. The van der Waals surface area contributed by atoms with Crippen molar-refractivity contribution in [3.63, 3.8) is 0 Å². The normalized spacial score (nSPS) is 12.9. The van der Waals surface area contributed by atoms with Gasteiger partial charge in [-0.2, -0.15) is 17.5 Å². The predicted molar refractivity (Wildman–Crippen MR) is 65.9 cm³/mol. The molecule has 0 aliphatic carbocycles. The van der Waals surface area contributed by atoms with E-state index >= 15 is 0 Å². The standard InChI is InChI=1S/C11H14F4N2O2S/c1-2-5-17(7-11(13,14)15)20(18,19)10-6-8(12)3-4-9(10)16/h3-4,6H,2,5,7,16H2,1H3. The van der Waals surface area contributed by atoms with E-state index in [0.29, 0.717) is 6.07 Å². The van der Waals surface area contributed by atoms with Gasteiger partial charge >= 0.3 is 6.18 Å². The molecule has 114 valence electrons. The summed E-state index contributed by atoms with van der Waals surface area (Å²) in [7, 11) is -4.50. The summed E-state index contributed by atoms with van der Waals surface area (Å²) in [5, 5.41) is 0. The Morgan fingerprint density at radius 1 is 1.30 bits per heavy atom. The van der Waals surface area contributed by atoms with Crippen molar-refractivity contribution in [1.29, 1.82) is 0 Å². The number of halogens is 4. The molecule has 0 fully saturated rings. The van der Waals surface area contributed by atoms with Crippen LogP contribution in [0.2, 0.25) is 0 Å². The van der Waals surface area contributed by atoms with Gasteiger partial charge in [0.2, 0.25) is 10.0 Å². The lowest BCUT2D eigenvalue weighted by Crippen LogP contribution is -2.39. The molecule has 1 aromatic carbocycles. The van der Waals surface area contributed by atoms with Crippen LogP contribution in [0.15, 0.2) is 23.1 Å². The average Bonchev–Trinajstić information content (AvgIpc) is 2.30. The first-order valence-electron chi connectivity index (χ1n) is 5.70. The van der Waals surface area contributed by atoms with E-state index in [0.717, 1.165) is 12.1 Å². The van der Waals surface area contributed by atoms with E-state index in [1.165, 1.54) is 6.92 Å². The van der Waals surface area contributed by atoms with Gasteiger partial charge in [0.1, 0.15) is 17.3 Å². The number of anilines is 1. The van der Waals surface area contributed by atoms with Gasteiger partial charge in [-0.3, -0.25) is 0 Å². The number of alkyl halides is 3. The molecule has 0 heterocycles. The van der Waals surface area contributed by atoms with Crippen LogP contribution in [0.5, 0.6) is 0 Å². The zero-order chi connectivity index (χ0) is 15.6. The van der Waals surface area contributed by atoms with E-state index in [4.69, 9.17) is 5.73 Å². The summed E-state index contributed by atoms with van der Waals surface area (Å²) in [5.74, 6) is -0.888. The summed E-state index contributed by atoms with van der Waals surface area (Å²) >= 11 is 0. The molecule has 0 bridgehead atoms. The maximum Gasteiger partial charge on any atom is 0.402 e. The molecule has 0 saturated heterocycles. The third-order valence-electron chi connectivity index (χ3n) is 2.42. The number of benzene rings is 1. The highest BCUT2D eigenvalue weighted by atomic mass is 32.2. The van der Waals surface area contributed by atoms with E-state index in [-0.39, 0.29) is 23.0 Å². The second-order valence-electron chi connectivity index (χ2n) is 4.14. The fourth-order valence-electron chi connectivity index (χ4n) is 1.60. The van der Waals surface area contributed by atoms with Crippen molar-refractivity contribution < 1.29 is 26.0 Å². The molecule has 9 heteroatoms. The molecule has 4 nitrogen and oxygen atoms in total. The van der Waals surface area contributed by atoms with Crippen LogP contribution in [-0.2, 0) is 10.0 Å². The second kappa shape index (κ2) is 5.96. The molecule has 1 aromatic rings. The molecular formula is C11H14F4N2O2S. The van der Waals surface area contributed by atoms with E-state index in [9.17, 15) is 26.0 Å². The van der Waals surface area contributed by atoms with Crippen LogP contribution in [0.4, 0.5) is 23.2 Å². The Morgan fingerprint density at radius 3 is 2.40 bits per heavy atom. The molecule has 20 heavy (non-hydrogen) atoms. The molecule has 0 amide bonds. The zero-order valence-electron chi connectivity index (χ0n) is 10.6. The van der Waals surface area contributed by atoms with Crippen molar-refractivity contribution in [2.45, 2.75) is 24.4 Å². The SMILES string of the molecule is CCCN(CC(F)(F)F)S(=O)(=O)c1cc(F)ccc1N. The molecule has 0 aliphatic rings. The molecule has 0 saturated carbocycles. The van der Waals surface area contributed by atoms with Crippen molar-refractivity contribution >= 4 is 15.7 Å². The van der Waals surface area contributed by atoms with Gasteiger partial charge in [0.05, 0.1) is 5.69 Å². The van der Waals surface area contributed by atoms with Crippen molar-refractivity contribution in [3.8, 4) is 0 Å². The van der Waals surface area contributed by atoms with Crippen molar-refractivity contribution in [3.05, 3.63) is 24.0 Å². The second-order valence-corrected chi connectivity index (χ2v) is 6.04. The molecule has 0 aromatic heterocycles. The van der Waals surface area contributed by atoms with Gasteiger partial charge < -0.3 is 5.73 Å². The first-order chi connectivity index (χ1) is 9.08. The lowest BCUT2D eigenvalue weighted by Gasteiger charge is -2.23. The maximum atomic E-state index is 13.1. The van der Waals surface area contributed by atoms with Crippen LogP contribution in [0.25, 0.3) is 0 Å². The van der Waals surface area contributed by atoms with Crippen molar-refractivity contribution in [1.82, 2.24) is 4.31 Å². The fourth-order valence-corrected chi connectivity index (χ4v) is 3.25. The third kappa shape index (κ3) is 4.07. The minimum Gasteiger partial charge on any atom is -0.398 e. The maximum absolute atomic E-state index is 13.1. The van der Waals surface area contributed by atoms with E-state index in [1.807, 2.05) is 0 Å².